The van der Waals surface area contributed by atoms with Crippen molar-refractivity contribution in [2.45, 2.75) is 44.2 Å². The summed E-state index contributed by atoms with van der Waals surface area (Å²) in [5.41, 5.74) is 2.56. The van der Waals surface area contributed by atoms with Gasteiger partial charge in [-0.2, -0.15) is 0 Å². The van der Waals surface area contributed by atoms with Gasteiger partial charge in [-0.1, -0.05) is 6.07 Å². The lowest BCUT2D eigenvalue weighted by molar-refractivity contribution is 0.133. The van der Waals surface area contributed by atoms with Gasteiger partial charge in [-0.05, 0) is 43.7 Å². The lowest BCUT2D eigenvalue weighted by atomic mass is 9.84. The standard InChI is InChI=1S/C14H17NO3/c16-12-7-5-9-10(14(12)18)4-6-11(13(9)17)15-8-2-1-3-8/h5,7,11,13,16-18H,1-4,6H2/t11-,13+/m1/s1. The first-order chi connectivity index (χ1) is 8.66. The summed E-state index contributed by atoms with van der Waals surface area (Å²) in [6, 6.07) is 3.01. The predicted octanol–water partition coefficient (Wildman–Crippen LogP) is 2.07. The van der Waals surface area contributed by atoms with Crippen LogP contribution in [-0.2, 0) is 6.42 Å². The van der Waals surface area contributed by atoms with Gasteiger partial charge in [0.05, 0.1) is 6.04 Å². The Labute approximate surface area is 106 Å². The molecular weight excluding hydrogens is 230 g/mol. The van der Waals surface area contributed by atoms with Crippen LogP contribution in [0.1, 0.15) is 42.9 Å². The number of hydrogen-bond donors (Lipinski definition) is 3. The van der Waals surface area contributed by atoms with Crippen molar-refractivity contribution < 1.29 is 15.3 Å². The van der Waals surface area contributed by atoms with Crippen molar-refractivity contribution >= 4 is 5.71 Å². The Bertz CT molecular complexity index is 504. The normalized spacial score (nSPS) is 26.4. The fraction of sp³-hybridized carbons (Fsp3) is 0.500. The number of fused-ring (bicyclic) bond motifs is 1. The van der Waals surface area contributed by atoms with Crippen LogP contribution in [0.5, 0.6) is 11.5 Å². The Morgan fingerprint density at radius 3 is 2.56 bits per heavy atom. The van der Waals surface area contributed by atoms with E-state index < -0.39 is 6.10 Å². The van der Waals surface area contributed by atoms with Gasteiger partial charge in [-0.25, -0.2) is 0 Å². The van der Waals surface area contributed by atoms with Gasteiger partial charge in [-0.15, -0.1) is 0 Å². The van der Waals surface area contributed by atoms with Crippen LogP contribution in [0.4, 0.5) is 0 Å². The quantitative estimate of drug-likeness (QED) is 0.665. The lowest BCUT2D eigenvalue weighted by Crippen LogP contribution is -2.26. The third kappa shape index (κ3) is 1.77. The largest absolute Gasteiger partial charge is 0.504 e. The molecule has 0 bridgehead atoms. The van der Waals surface area contributed by atoms with Gasteiger partial charge in [-0.3, -0.25) is 4.99 Å². The number of aromatic hydroxyl groups is 2. The molecule has 1 saturated carbocycles. The van der Waals surface area contributed by atoms with Gasteiger partial charge in [0.15, 0.2) is 11.5 Å². The van der Waals surface area contributed by atoms with Gasteiger partial charge >= 0.3 is 0 Å². The maximum atomic E-state index is 10.3. The second kappa shape index (κ2) is 4.28. The van der Waals surface area contributed by atoms with Crippen LogP contribution in [0.2, 0.25) is 0 Å². The Balaban J connectivity index is 1.92. The molecule has 0 unspecified atom stereocenters. The minimum absolute atomic E-state index is 0.0960. The minimum Gasteiger partial charge on any atom is -0.504 e. The van der Waals surface area contributed by atoms with Crippen LogP contribution in [0.25, 0.3) is 0 Å². The zero-order valence-corrected chi connectivity index (χ0v) is 10.1. The molecule has 0 amide bonds. The second-order valence-corrected chi connectivity index (χ2v) is 5.10. The molecular formula is C14H17NO3. The van der Waals surface area contributed by atoms with Crippen LogP contribution in [0, 0.1) is 0 Å². The Morgan fingerprint density at radius 2 is 1.89 bits per heavy atom. The molecule has 3 rings (SSSR count). The fourth-order valence-corrected chi connectivity index (χ4v) is 2.67. The molecule has 2 aliphatic rings. The number of aliphatic imine (C=N–C) groups is 1. The molecule has 0 aromatic heterocycles. The summed E-state index contributed by atoms with van der Waals surface area (Å²) in [6.07, 6.45) is 4.00. The summed E-state index contributed by atoms with van der Waals surface area (Å²) in [7, 11) is 0. The molecule has 0 saturated heterocycles. The molecule has 4 heteroatoms. The number of benzene rings is 1. The first-order valence-electron chi connectivity index (χ1n) is 6.44. The number of aliphatic hydroxyl groups excluding tert-OH is 1. The lowest BCUT2D eigenvalue weighted by Gasteiger charge is -2.30. The van der Waals surface area contributed by atoms with E-state index in [0.29, 0.717) is 24.0 Å². The van der Waals surface area contributed by atoms with E-state index in [1.54, 1.807) is 6.07 Å². The summed E-state index contributed by atoms with van der Waals surface area (Å²) in [5.74, 6) is -0.217. The molecule has 0 heterocycles. The summed E-state index contributed by atoms with van der Waals surface area (Å²) in [4.78, 5) is 4.60. The van der Waals surface area contributed by atoms with Crippen LogP contribution >= 0.6 is 0 Å². The van der Waals surface area contributed by atoms with E-state index in [1.807, 2.05) is 0 Å². The molecule has 1 aromatic carbocycles. The monoisotopic (exact) mass is 247 g/mol. The van der Waals surface area contributed by atoms with E-state index in [2.05, 4.69) is 4.99 Å². The Hall–Kier alpha value is -1.55. The highest BCUT2D eigenvalue weighted by Crippen LogP contribution is 2.41. The Kier molecular flexibility index (Phi) is 2.74. The molecule has 2 atom stereocenters. The molecule has 1 aromatic rings. The third-order valence-electron chi connectivity index (χ3n) is 3.95. The van der Waals surface area contributed by atoms with Crippen molar-refractivity contribution in [3.8, 4) is 11.5 Å². The van der Waals surface area contributed by atoms with Gasteiger partial charge in [0.2, 0.25) is 0 Å². The Morgan fingerprint density at radius 1 is 1.11 bits per heavy atom. The molecule has 18 heavy (non-hydrogen) atoms. The highest BCUT2D eigenvalue weighted by molar-refractivity contribution is 5.89. The second-order valence-electron chi connectivity index (χ2n) is 5.10. The maximum Gasteiger partial charge on any atom is 0.161 e. The average Bonchev–Trinajstić information content (AvgIpc) is 2.31. The number of phenolic OH excluding ortho intramolecular Hbond substituents is 2. The molecule has 0 aliphatic heterocycles. The molecule has 2 aliphatic carbocycles. The molecule has 4 nitrogen and oxygen atoms in total. The number of aliphatic hydroxyl groups is 1. The van der Waals surface area contributed by atoms with E-state index in [9.17, 15) is 15.3 Å². The van der Waals surface area contributed by atoms with Crippen molar-refractivity contribution in [2.24, 2.45) is 4.99 Å². The summed E-state index contributed by atoms with van der Waals surface area (Å²) >= 11 is 0. The highest BCUT2D eigenvalue weighted by Gasteiger charge is 2.30. The van der Waals surface area contributed by atoms with E-state index in [1.165, 1.54) is 18.2 Å². The van der Waals surface area contributed by atoms with Crippen LogP contribution in [0.15, 0.2) is 17.1 Å². The molecule has 3 N–H and O–H groups in total. The van der Waals surface area contributed by atoms with Crippen LogP contribution in [-0.4, -0.2) is 27.1 Å². The zero-order valence-electron chi connectivity index (χ0n) is 10.1. The number of rotatable bonds is 1. The molecule has 0 spiro atoms. The highest BCUT2D eigenvalue weighted by atomic mass is 16.3. The summed E-state index contributed by atoms with van der Waals surface area (Å²) in [6.45, 7) is 0. The van der Waals surface area contributed by atoms with Gasteiger partial charge in [0, 0.05) is 11.3 Å². The molecule has 96 valence electrons. The summed E-state index contributed by atoms with van der Waals surface area (Å²) < 4.78 is 0. The number of hydrogen-bond acceptors (Lipinski definition) is 4. The maximum absolute atomic E-state index is 10.3. The minimum atomic E-state index is -0.673. The topological polar surface area (TPSA) is 73.0 Å². The van der Waals surface area contributed by atoms with Crippen molar-refractivity contribution in [1.82, 2.24) is 0 Å². The SMILES string of the molecule is Oc1ccc2c(c1O)CC[C@@H](N=C1CCC1)[C@H]2O. The zero-order chi connectivity index (χ0) is 12.7. The van der Waals surface area contributed by atoms with Gasteiger partial charge < -0.3 is 15.3 Å². The smallest absolute Gasteiger partial charge is 0.161 e. The number of nitrogens with zero attached hydrogens (tertiary/aromatic N) is 1. The van der Waals surface area contributed by atoms with E-state index in [0.717, 1.165) is 12.8 Å². The molecule has 0 radical (unpaired) electrons. The van der Waals surface area contributed by atoms with E-state index in [-0.39, 0.29) is 17.5 Å². The average molecular weight is 247 g/mol. The predicted molar refractivity (Wildman–Crippen MR) is 68.1 cm³/mol. The first kappa shape index (κ1) is 11.5. The third-order valence-corrected chi connectivity index (χ3v) is 3.95. The van der Waals surface area contributed by atoms with Crippen molar-refractivity contribution in [3.05, 3.63) is 23.3 Å². The van der Waals surface area contributed by atoms with Crippen LogP contribution < -0.4 is 0 Å². The summed E-state index contributed by atoms with van der Waals surface area (Å²) in [5, 5.41) is 29.6. The van der Waals surface area contributed by atoms with Crippen molar-refractivity contribution in [3.63, 3.8) is 0 Å². The fourth-order valence-electron chi connectivity index (χ4n) is 2.67. The van der Waals surface area contributed by atoms with E-state index in [4.69, 9.17) is 0 Å². The van der Waals surface area contributed by atoms with Crippen molar-refractivity contribution in [1.29, 1.82) is 0 Å². The van der Waals surface area contributed by atoms with Crippen LogP contribution in [0.3, 0.4) is 0 Å². The number of phenols is 2. The van der Waals surface area contributed by atoms with Crippen molar-refractivity contribution in [2.75, 3.05) is 0 Å². The first-order valence-corrected chi connectivity index (χ1v) is 6.44. The van der Waals surface area contributed by atoms with Gasteiger partial charge in [0.1, 0.15) is 6.10 Å². The van der Waals surface area contributed by atoms with Gasteiger partial charge in [0.25, 0.3) is 0 Å². The van der Waals surface area contributed by atoms with E-state index >= 15 is 0 Å². The molecule has 1 fully saturated rings.